The van der Waals surface area contributed by atoms with Crippen molar-refractivity contribution in [3.63, 3.8) is 0 Å². The number of imide groups is 1. The Balaban J connectivity index is 2.71. The van der Waals surface area contributed by atoms with Gasteiger partial charge in [-0.15, -0.1) is 0 Å². The number of hydrogen-bond donors (Lipinski definition) is 1. The van der Waals surface area contributed by atoms with Gasteiger partial charge in [0.15, 0.2) is 0 Å². The van der Waals surface area contributed by atoms with E-state index in [1.54, 1.807) is 12.1 Å². The number of hydrogen-bond acceptors (Lipinski definition) is 3. The summed E-state index contributed by atoms with van der Waals surface area (Å²) in [5.74, 6) is -0.311. The van der Waals surface area contributed by atoms with Crippen molar-refractivity contribution in [1.82, 2.24) is 0 Å². The second-order valence-electron chi connectivity index (χ2n) is 5.63. The van der Waals surface area contributed by atoms with E-state index in [4.69, 9.17) is 0 Å². The van der Waals surface area contributed by atoms with Crippen LogP contribution in [0.1, 0.15) is 50.7 Å². The number of phenols is 1. The highest BCUT2D eigenvalue weighted by atomic mass is 16.3. The summed E-state index contributed by atoms with van der Waals surface area (Å²) in [6.07, 6.45) is 2.56. The summed E-state index contributed by atoms with van der Waals surface area (Å²) in [6.45, 7) is 7.89. The van der Waals surface area contributed by atoms with Gasteiger partial charge in [-0.2, -0.15) is 0 Å². The SMILES string of the molecule is CC(C)c1cc(O)cc(C(C)C)c1N1C(=O)C=CC1=O. The van der Waals surface area contributed by atoms with Gasteiger partial charge in [0.25, 0.3) is 11.8 Å². The van der Waals surface area contributed by atoms with Crippen LogP contribution < -0.4 is 4.90 Å². The normalized spacial score (nSPS) is 15.0. The lowest BCUT2D eigenvalue weighted by molar-refractivity contribution is -0.120. The fraction of sp³-hybridized carbons (Fsp3) is 0.375. The molecule has 0 aromatic heterocycles. The van der Waals surface area contributed by atoms with Gasteiger partial charge in [-0.1, -0.05) is 27.7 Å². The largest absolute Gasteiger partial charge is 0.508 e. The minimum absolute atomic E-state index is 0.0933. The summed E-state index contributed by atoms with van der Waals surface area (Å²) in [7, 11) is 0. The smallest absolute Gasteiger partial charge is 0.258 e. The summed E-state index contributed by atoms with van der Waals surface area (Å²) in [4.78, 5) is 25.1. The lowest BCUT2D eigenvalue weighted by Gasteiger charge is -2.25. The summed E-state index contributed by atoms with van der Waals surface area (Å²) >= 11 is 0. The summed E-state index contributed by atoms with van der Waals surface area (Å²) < 4.78 is 0. The summed E-state index contributed by atoms with van der Waals surface area (Å²) in [5.41, 5.74) is 2.23. The van der Waals surface area contributed by atoms with E-state index in [0.29, 0.717) is 5.69 Å². The molecule has 0 saturated heterocycles. The highest BCUT2D eigenvalue weighted by Crippen LogP contribution is 2.39. The Hall–Kier alpha value is -2.10. The molecule has 0 aliphatic carbocycles. The Morgan fingerprint density at radius 3 is 1.65 bits per heavy atom. The molecule has 1 heterocycles. The van der Waals surface area contributed by atoms with Crippen LogP contribution in [0.15, 0.2) is 24.3 Å². The molecule has 2 amide bonds. The average molecular weight is 273 g/mol. The maximum Gasteiger partial charge on any atom is 0.258 e. The third-order valence-corrected chi connectivity index (χ3v) is 3.43. The van der Waals surface area contributed by atoms with Crippen molar-refractivity contribution >= 4 is 17.5 Å². The van der Waals surface area contributed by atoms with E-state index in [1.165, 1.54) is 17.1 Å². The zero-order chi connectivity index (χ0) is 15.0. The standard InChI is InChI=1S/C16H19NO3/c1-9(2)12-7-11(18)8-13(10(3)4)16(12)17-14(19)5-6-15(17)20/h5-10,18H,1-4H3. The highest BCUT2D eigenvalue weighted by molar-refractivity contribution is 6.28. The van der Waals surface area contributed by atoms with Crippen LogP contribution in [0.4, 0.5) is 5.69 Å². The number of carbonyl (C=O) groups is 2. The molecule has 1 aliphatic heterocycles. The number of amides is 2. The van der Waals surface area contributed by atoms with Crippen LogP contribution in [0, 0.1) is 0 Å². The molecule has 106 valence electrons. The number of aromatic hydroxyl groups is 1. The van der Waals surface area contributed by atoms with Gasteiger partial charge in [0.2, 0.25) is 0 Å². The number of benzene rings is 1. The highest BCUT2D eigenvalue weighted by Gasteiger charge is 2.31. The number of nitrogens with zero attached hydrogens (tertiary/aromatic N) is 1. The molecule has 0 saturated carbocycles. The minimum atomic E-state index is -0.329. The zero-order valence-corrected chi connectivity index (χ0v) is 12.2. The Morgan fingerprint density at radius 1 is 0.900 bits per heavy atom. The van der Waals surface area contributed by atoms with Gasteiger partial charge in [-0.25, -0.2) is 4.90 Å². The molecular weight excluding hydrogens is 254 g/mol. The van der Waals surface area contributed by atoms with Crippen LogP contribution in [0.25, 0.3) is 0 Å². The maximum atomic E-state index is 12.0. The Bertz CT molecular complexity index is 553. The molecule has 4 nitrogen and oxygen atoms in total. The van der Waals surface area contributed by atoms with E-state index >= 15 is 0 Å². The van der Waals surface area contributed by atoms with Crippen molar-refractivity contribution in [2.75, 3.05) is 4.90 Å². The first-order valence-corrected chi connectivity index (χ1v) is 6.75. The summed E-state index contributed by atoms with van der Waals surface area (Å²) in [5, 5.41) is 9.89. The van der Waals surface area contributed by atoms with Gasteiger partial charge < -0.3 is 5.11 Å². The van der Waals surface area contributed by atoms with Crippen LogP contribution in [-0.4, -0.2) is 16.9 Å². The van der Waals surface area contributed by atoms with Crippen LogP contribution >= 0.6 is 0 Å². The van der Waals surface area contributed by atoms with E-state index in [0.717, 1.165) is 11.1 Å². The van der Waals surface area contributed by atoms with Gasteiger partial charge in [-0.05, 0) is 35.1 Å². The minimum Gasteiger partial charge on any atom is -0.508 e. The number of anilines is 1. The topological polar surface area (TPSA) is 57.6 Å². The molecule has 1 aromatic carbocycles. The van der Waals surface area contributed by atoms with E-state index in [1.807, 2.05) is 27.7 Å². The molecule has 0 fully saturated rings. The lowest BCUT2D eigenvalue weighted by atomic mass is 9.91. The number of phenolic OH excluding ortho intramolecular Hbond substituents is 1. The van der Waals surface area contributed by atoms with Crippen LogP contribution in [0.5, 0.6) is 5.75 Å². The monoisotopic (exact) mass is 273 g/mol. The zero-order valence-electron chi connectivity index (χ0n) is 12.2. The van der Waals surface area contributed by atoms with Gasteiger partial charge in [-0.3, -0.25) is 9.59 Å². The van der Waals surface area contributed by atoms with E-state index in [-0.39, 0.29) is 29.4 Å². The Kier molecular flexibility index (Phi) is 3.66. The van der Waals surface area contributed by atoms with Crippen LogP contribution in [0.3, 0.4) is 0 Å². The van der Waals surface area contributed by atoms with Crippen molar-refractivity contribution in [1.29, 1.82) is 0 Å². The third-order valence-electron chi connectivity index (χ3n) is 3.43. The molecule has 2 rings (SSSR count). The van der Waals surface area contributed by atoms with Crippen molar-refractivity contribution in [3.05, 3.63) is 35.4 Å². The quantitative estimate of drug-likeness (QED) is 0.861. The molecular formula is C16H19NO3. The first kappa shape index (κ1) is 14.3. The fourth-order valence-corrected chi connectivity index (χ4v) is 2.42. The third kappa shape index (κ3) is 2.33. The summed E-state index contributed by atoms with van der Waals surface area (Å²) in [6, 6.07) is 3.26. The van der Waals surface area contributed by atoms with Gasteiger partial charge >= 0.3 is 0 Å². The van der Waals surface area contributed by atoms with Gasteiger partial charge in [0.1, 0.15) is 5.75 Å². The first-order valence-electron chi connectivity index (χ1n) is 6.75. The lowest BCUT2D eigenvalue weighted by Crippen LogP contribution is -2.32. The molecule has 0 spiro atoms. The second kappa shape index (κ2) is 5.12. The first-order chi connectivity index (χ1) is 9.32. The van der Waals surface area contributed by atoms with Crippen LogP contribution in [-0.2, 0) is 9.59 Å². The molecule has 1 aromatic rings. The molecule has 0 bridgehead atoms. The molecule has 1 N–H and O–H groups in total. The molecule has 4 heteroatoms. The average Bonchev–Trinajstić information content (AvgIpc) is 2.68. The van der Waals surface area contributed by atoms with Crippen molar-refractivity contribution in [3.8, 4) is 5.75 Å². The Labute approximate surface area is 118 Å². The number of rotatable bonds is 3. The van der Waals surface area contributed by atoms with Crippen LogP contribution in [0.2, 0.25) is 0 Å². The fourth-order valence-electron chi connectivity index (χ4n) is 2.42. The molecule has 0 atom stereocenters. The van der Waals surface area contributed by atoms with E-state index < -0.39 is 0 Å². The molecule has 20 heavy (non-hydrogen) atoms. The molecule has 0 unspecified atom stereocenters. The van der Waals surface area contributed by atoms with Crippen molar-refractivity contribution in [2.45, 2.75) is 39.5 Å². The molecule has 1 aliphatic rings. The second-order valence-corrected chi connectivity index (χ2v) is 5.63. The van der Waals surface area contributed by atoms with E-state index in [9.17, 15) is 14.7 Å². The maximum absolute atomic E-state index is 12.0. The van der Waals surface area contributed by atoms with Gasteiger partial charge in [0.05, 0.1) is 5.69 Å². The number of carbonyl (C=O) groups excluding carboxylic acids is 2. The van der Waals surface area contributed by atoms with Gasteiger partial charge in [0, 0.05) is 12.2 Å². The van der Waals surface area contributed by atoms with E-state index in [2.05, 4.69) is 0 Å². The Morgan fingerprint density at radius 2 is 1.30 bits per heavy atom. The predicted octanol–water partition coefficient (Wildman–Crippen LogP) is 3.07. The van der Waals surface area contributed by atoms with Crippen molar-refractivity contribution < 1.29 is 14.7 Å². The predicted molar refractivity (Wildman–Crippen MR) is 77.9 cm³/mol. The van der Waals surface area contributed by atoms with Crippen molar-refractivity contribution in [2.24, 2.45) is 0 Å². The molecule has 0 radical (unpaired) electrons.